The molecular formula is C45H45ClN10O20S6. The predicted octanol–water partition coefficient (Wildman–Crippen LogP) is 6.90. The van der Waals surface area contributed by atoms with Gasteiger partial charge in [0.25, 0.3) is 50.6 Å². The molecule has 0 fully saturated rings. The summed E-state index contributed by atoms with van der Waals surface area (Å²) < 4.78 is 196. The first-order valence-electron chi connectivity index (χ1n) is 22.5. The zero-order valence-corrected chi connectivity index (χ0v) is 49.0. The molecule has 0 aliphatic rings. The van der Waals surface area contributed by atoms with Crippen molar-refractivity contribution >= 4 is 145 Å². The van der Waals surface area contributed by atoms with E-state index < -0.39 is 131 Å². The van der Waals surface area contributed by atoms with Crippen LogP contribution in [0.4, 0.5) is 51.7 Å². The van der Waals surface area contributed by atoms with Crippen LogP contribution in [-0.4, -0.2) is 130 Å². The van der Waals surface area contributed by atoms with Crippen LogP contribution in [0.3, 0.4) is 0 Å². The third-order valence-electron chi connectivity index (χ3n) is 11.6. The van der Waals surface area contributed by atoms with Gasteiger partial charge < -0.3 is 30.9 Å². The number of azo groups is 2. The molecule has 0 saturated heterocycles. The predicted molar refractivity (Wildman–Crippen MR) is 294 cm³/mol. The van der Waals surface area contributed by atoms with Gasteiger partial charge in [0, 0.05) is 40.9 Å². The highest BCUT2D eigenvalue weighted by molar-refractivity contribution is 7.91. The van der Waals surface area contributed by atoms with Crippen molar-refractivity contribution < 1.29 is 86.4 Å². The first kappa shape index (κ1) is 62.4. The largest absolute Gasteiger partial charge is 0.505 e. The summed E-state index contributed by atoms with van der Waals surface area (Å²) in [5, 5.41) is 32.0. The second-order valence-corrected chi connectivity index (χ2v) is 27.2. The molecule has 0 bridgehead atoms. The summed E-state index contributed by atoms with van der Waals surface area (Å²) in [7, 11) is -21.9. The number of benzene rings is 6. The quantitative estimate of drug-likeness (QED) is 0.0188. The number of fused-ring (bicyclic) bond motifs is 2. The van der Waals surface area contributed by atoms with Gasteiger partial charge in [-0.3, -0.25) is 21.3 Å². The number of phenols is 1. The van der Waals surface area contributed by atoms with E-state index in [1.54, 1.807) is 6.92 Å². The molecule has 37 heteroatoms. The van der Waals surface area contributed by atoms with Gasteiger partial charge in [-0.15, -0.1) is 20.5 Å². The Kier molecular flexibility index (Phi) is 18.2. The van der Waals surface area contributed by atoms with E-state index in [0.717, 1.165) is 70.9 Å². The molecule has 0 unspecified atom stereocenters. The Morgan fingerprint density at radius 2 is 1.23 bits per heavy atom. The number of aromatic hydroxyl groups is 1. The Labute approximate surface area is 473 Å². The molecule has 82 heavy (non-hydrogen) atoms. The van der Waals surface area contributed by atoms with Crippen LogP contribution in [0.1, 0.15) is 11.1 Å². The number of nitrogens with one attached hydrogen (secondary N) is 2. The third kappa shape index (κ3) is 13.2. The number of nitrogens with two attached hydrogens (primary N) is 1. The minimum atomic E-state index is -5.04. The Morgan fingerprint density at radius 3 is 1.85 bits per heavy atom. The Bertz CT molecular complexity index is 4520. The molecule has 0 radical (unpaired) electrons. The normalized spacial score (nSPS) is 12.9. The highest BCUT2D eigenvalue weighted by atomic mass is 35.5. The zero-order chi connectivity index (χ0) is 60.5. The molecule has 7 rings (SSSR count). The lowest BCUT2D eigenvalue weighted by molar-refractivity contribution is 0.217. The molecule has 0 amide bonds. The molecule has 0 aliphatic carbocycles. The minimum Gasteiger partial charge on any atom is -0.505 e. The second kappa shape index (κ2) is 23.9. The Hall–Kier alpha value is -7.20. The summed E-state index contributed by atoms with van der Waals surface area (Å²) >= 11 is 6.29. The van der Waals surface area contributed by atoms with E-state index in [1.807, 2.05) is 0 Å². The van der Waals surface area contributed by atoms with E-state index in [0.29, 0.717) is 5.56 Å². The van der Waals surface area contributed by atoms with Crippen LogP contribution in [-0.2, 0) is 87.6 Å². The number of hydrogen-bond acceptors (Lipinski definition) is 29. The van der Waals surface area contributed by atoms with Crippen LogP contribution < -0.4 is 21.1 Å². The fourth-order valence-electron chi connectivity index (χ4n) is 7.81. The van der Waals surface area contributed by atoms with Crippen LogP contribution in [0.25, 0.3) is 21.5 Å². The highest BCUT2D eigenvalue weighted by Gasteiger charge is 2.30. The number of anilines is 5. The summed E-state index contributed by atoms with van der Waals surface area (Å²) in [5.41, 5.74) is 3.16. The third-order valence-corrected chi connectivity index (χ3v) is 19.5. The summed E-state index contributed by atoms with van der Waals surface area (Å²) in [4.78, 5) is 9.59. The summed E-state index contributed by atoms with van der Waals surface area (Å²) in [6.07, 6.45) is 0. The topological polar surface area (TPSA) is 439 Å². The number of phenolic OH excluding ortho intramolecular Hbond substituents is 1. The fourth-order valence-corrected chi connectivity index (χ4v) is 13.5. The van der Waals surface area contributed by atoms with E-state index in [-0.39, 0.29) is 67.7 Å². The molecule has 30 nitrogen and oxygen atoms in total. The molecular weight excluding hydrogens is 1230 g/mol. The number of methoxy groups -OCH3 is 2. The standard InChI is InChI=1S/C45H45ClN10O20S6/c1-23-17-35(77(58,59)16-15-71-2)32(72-3)21-30(23)49-45-51-43(46)50-44(52-45)48-26-11-14-34(80(65,66)74-5)31(20-26)54-56-40-36(81(67,68)75-6)19-24-18-25(22-78(60,61)62)39(41(57)37(24)38(40)47)55-53-29-13-12-27-28(42(29)82(69,70)76-7)9-8-10-33(27)79(63,64)73-4/h8-14,17-21,57H,15-16,22,47H2,1-7H3,(H,60,61,62)(H2,48,49,50,51,52). The van der Waals surface area contributed by atoms with Crippen molar-refractivity contribution in [3.63, 3.8) is 0 Å². The van der Waals surface area contributed by atoms with Crippen molar-refractivity contribution in [1.82, 2.24) is 15.0 Å². The van der Waals surface area contributed by atoms with Gasteiger partial charge in [0.05, 0.1) is 59.0 Å². The zero-order valence-electron chi connectivity index (χ0n) is 43.3. The number of nitrogens with zero attached hydrogens (tertiary/aromatic N) is 7. The number of ether oxygens (including phenoxy) is 2. The summed E-state index contributed by atoms with van der Waals surface area (Å²) in [6.45, 7) is 1.53. The smallest absolute Gasteiger partial charge is 0.299 e. The lowest BCUT2D eigenvalue weighted by Crippen LogP contribution is -2.13. The molecule has 0 saturated carbocycles. The van der Waals surface area contributed by atoms with Crippen molar-refractivity contribution in [2.24, 2.45) is 20.5 Å². The summed E-state index contributed by atoms with van der Waals surface area (Å²) in [5.74, 6) is -3.18. The molecule has 1 aromatic heterocycles. The number of hydrogen-bond donors (Lipinski definition) is 5. The van der Waals surface area contributed by atoms with Crippen LogP contribution in [0, 0.1) is 6.92 Å². The number of nitrogen functional groups attached to an aromatic ring is 1. The van der Waals surface area contributed by atoms with Gasteiger partial charge in [0.15, 0.2) is 15.6 Å². The van der Waals surface area contributed by atoms with Gasteiger partial charge in [-0.25, -0.2) is 8.42 Å². The molecule has 6 aromatic carbocycles. The van der Waals surface area contributed by atoms with E-state index in [1.165, 1.54) is 44.6 Å². The average molecular weight is 1270 g/mol. The van der Waals surface area contributed by atoms with E-state index >= 15 is 0 Å². The van der Waals surface area contributed by atoms with Crippen LogP contribution in [0.2, 0.25) is 5.28 Å². The number of aryl methyl sites for hydroxylation is 1. The van der Waals surface area contributed by atoms with Gasteiger partial charge in [0.2, 0.25) is 17.2 Å². The second-order valence-electron chi connectivity index (χ2n) is 16.7. The fraction of sp³-hybridized carbons (Fsp3) is 0.222. The molecule has 438 valence electrons. The SMILES string of the molecule is COCCS(=O)(=O)c1cc(C)c(Nc2nc(Cl)nc(Nc3ccc(S(=O)(=O)OC)c(N=Nc4c(S(=O)(=O)OC)cc5cc(CS(=O)(=O)O)c(N=Nc6ccc7c(S(=O)(=O)OC)cccc7c6S(=O)(=O)OC)c(O)c5c4N)c3)n2)cc1OC. The monoisotopic (exact) mass is 1270 g/mol. The lowest BCUT2D eigenvalue weighted by atomic mass is 10.0. The number of aromatic nitrogens is 3. The summed E-state index contributed by atoms with van der Waals surface area (Å²) in [6, 6.07) is 13.5. The van der Waals surface area contributed by atoms with Crippen molar-refractivity contribution in [2.75, 3.05) is 71.4 Å². The Morgan fingerprint density at radius 1 is 0.622 bits per heavy atom. The number of sulfone groups is 1. The van der Waals surface area contributed by atoms with E-state index in [2.05, 4.69) is 50.2 Å². The molecule has 0 atom stereocenters. The molecule has 0 aliphatic heterocycles. The number of rotatable bonds is 23. The van der Waals surface area contributed by atoms with Crippen LogP contribution in [0.15, 0.2) is 118 Å². The maximum Gasteiger partial charge on any atom is 0.299 e. The van der Waals surface area contributed by atoms with Crippen LogP contribution in [0.5, 0.6) is 11.5 Å². The number of halogens is 1. The maximum atomic E-state index is 13.6. The molecule has 7 aromatic rings. The van der Waals surface area contributed by atoms with Gasteiger partial charge in [-0.2, -0.15) is 57.0 Å². The average Bonchev–Trinajstić information content (AvgIpc) is 3.58. The molecule has 6 N–H and O–H groups in total. The van der Waals surface area contributed by atoms with Gasteiger partial charge in [-0.05, 0) is 78.0 Å². The van der Waals surface area contributed by atoms with Gasteiger partial charge in [-0.1, -0.05) is 18.2 Å². The first-order valence-corrected chi connectivity index (χ1v) is 31.8. The highest BCUT2D eigenvalue weighted by Crippen LogP contribution is 2.49. The van der Waals surface area contributed by atoms with Crippen molar-refractivity contribution in [3.05, 3.63) is 89.2 Å². The molecule has 1 heterocycles. The Balaban J connectivity index is 1.37. The van der Waals surface area contributed by atoms with Gasteiger partial charge >= 0.3 is 0 Å². The minimum absolute atomic E-state index is 0.0143. The first-order chi connectivity index (χ1) is 38.3. The van der Waals surface area contributed by atoms with Crippen molar-refractivity contribution in [2.45, 2.75) is 37.2 Å². The van der Waals surface area contributed by atoms with Crippen molar-refractivity contribution in [3.8, 4) is 11.5 Å². The van der Waals surface area contributed by atoms with E-state index in [4.69, 9.17) is 39.4 Å². The molecule has 0 spiro atoms. The van der Waals surface area contributed by atoms with E-state index in [9.17, 15) is 60.2 Å². The van der Waals surface area contributed by atoms with Crippen molar-refractivity contribution in [1.29, 1.82) is 0 Å². The maximum absolute atomic E-state index is 13.6. The van der Waals surface area contributed by atoms with Gasteiger partial charge in [0.1, 0.15) is 58.7 Å². The van der Waals surface area contributed by atoms with Crippen LogP contribution >= 0.6 is 11.6 Å². The lowest BCUT2D eigenvalue weighted by Gasteiger charge is -2.16.